The summed E-state index contributed by atoms with van der Waals surface area (Å²) in [6.07, 6.45) is 1.53. The van der Waals surface area contributed by atoms with Crippen molar-refractivity contribution in [1.29, 1.82) is 0 Å². The highest BCUT2D eigenvalue weighted by Gasteiger charge is 2.17. The van der Waals surface area contributed by atoms with Gasteiger partial charge in [0.05, 0.1) is 6.30 Å². The van der Waals surface area contributed by atoms with Gasteiger partial charge in [-0.3, -0.25) is 9.36 Å². The van der Waals surface area contributed by atoms with Crippen LogP contribution in [-0.4, -0.2) is 19.1 Å². The summed E-state index contributed by atoms with van der Waals surface area (Å²) in [4.78, 5) is 20.2. The fourth-order valence-electron chi connectivity index (χ4n) is 1.46. The number of aryl methyl sites for hydroxylation is 1. The van der Waals surface area contributed by atoms with Crippen molar-refractivity contribution in [3.8, 4) is 0 Å². The summed E-state index contributed by atoms with van der Waals surface area (Å²) in [5, 5.41) is 0. The number of rotatable bonds is 0. The molecule has 0 saturated carbocycles. The molecule has 2 aromatic heterocycles. The average molecular weight is 207 g/mol. The molecule has 0 fully saturated rings. The van der Waals surface area contributed by atoms with Crippen molar-refractivity contribution in [2.45, 2.75) is 26.3 Å². The fraction of sp³-hybridized carbons (Fsp3) is 0.500. The molecule has 0 bridgehead atoms. The van der Waals surface area contributed by atoms with E-state index >= 15 is 0 Å². The van der Waals surface area contributed by atoms with Crippen LogP contribution in [0.3, 0.4) is 0 Å². The molecule has 2 aromatic rings. The lowest BCUT2D eigenvalue weighted by Gasteiger charge is -2.21. The lowest BCUT2D eigenvalue weighted by atomic mass is 10.1. The van der Waals surface area contributed by atoms with Gasteiger partial charge in [-0.25, -0.2) is 9.97 Å². The molecular formula is C10H14N4O. The summed E-state index contributed by atoms with van der Waals surface area (Å²) in [5.41, 5.74) is 0.219. The van der Waals surface area contributed by atoms with E-state index in [-0.39, 0.29) is 17.4 Å². The second-order valence-corrected chi connectivity index (χ2v) is 4.53. The first kappa shape index (κ1) is 8.64. The molecule has 0 saturated heterocycles. The van der Waals surface area contributed by atoms with Gasteiger partial charge in [0.25, 0.3) is 5.56 Å². The van der Waals surface area contributed by atoms with Gasteiger partial charge >= 0.3 is 0 Å². The molecule has 2 rings (SSSR count). The zero-order chi connectivity index (χ0) is 12.1. The minimum absolute atomic E-state index is 0.0475. The van der Waals surface area contributed by atoms with Crippen molar-refractivity contribution in [2.75, 3.05) is 0 Å². The first-order valence-corrected chi connectivity index (χ1v) is 4.73. The SMILES string of the molecule is [2H]c1nc2ncn(C(C)(C)C)c(=O)c2n1C. The zero-order valence-corrected chi connectivity index (χ0v) is 9.27. The van der Waals surface area contributed by atoms with Crippen LogP contribution in [0, 0.1) is 0 Å². The number of imidazole rings is 1. The molecule has 0 spiro atoms. The lowest BCUT2D eigenvalue weighted by molar-refractivity contribution is 0.381. The first-order valence-electron chi connectivity index (χ1n) is 5.23. The van der Waals surface area contributed by atoms with Gasteiger partial charge in [-0.05, 0) is 20.8 Å². The van der Waals surface area contributed by atoms with Crippen molar-refractivity contribution >= 4 is 11.2 Å². The van der Waals surface area contributed by atoms with Crippen molar-refractivity contribution in [3.63, 3.8) is 0 Å². The normalized spacial score (nSPS) is 13.2. The molecular weight excluding hydrogens is 192 g/mol. The molecule has 5 heteroatoms. The van der Waals surface area contributed by atoms with Crippen LogP contribution < -0.4 is 5.56 Å². The van der Waals surface area contributed by atoms with Gasteiger partial charge in [0.1, 0.15) is 7.70 Å². The third-order valence-electron chi connectivity index (χ3n) is 2.29. The molecule has 0 atom stereocenters. The van der Waals surface area contributed by atoms with E-state index < -0.39 is 0 Å². The molecule has 0 unspecified atom stereocenters. The van der Waals surface area contributed by atoms with Crippen molar-refractivity contribution < 1.29 is 1.37 Å². The van der Waals surface area contributed by atoms with Crippen LogP contribution in [0.1, 0.15) is 22.1 Å². The summed E-state index contributed by atoms with van der Waals surface area (Å²) in [5.74, 6) is 0. The van der Waals surface area contributed by atoms with Crippen LogP contribution in [0.4, 0.5) is 0 Å². The summed E-state index contributed by atoms with van der Waals surface area (Å²) in [7, 11) is 1.65. The van der Waals surface area contributed by atoms with Crippen LogP contribution in [0.25, 0.3) is 11.2 Å². The predicted molar refractivity (Wildman–Crippen MR) is 57.8 cm³/mol. The predicted octanol–water partition coefficient (Wildman–Crippen LogP) is 0.885. The largest absolute Gasteiger partial charge is 0.328 e. The Morgan fingerprint density at radius 1 is 1.40 bits per heavy atom. The molecule has 0 aromatic carbocycles. The molecule has 0 radical (unpaired) electrons. The smallest absolute Gasteiger partial charge is 0.280 e. The zero-order valence-electron chi connectivity index (χ0n) is 10.3. The van der Waals surface area contributed by atoms with Crippen molar-refractivity contribution in [2.24, 2.45) is 7.05 Å². The first-order chi connectivity index (χ1) is 7.32. The number of fused-ring (bicyclic) bond motifs is 1. The Labute approximate surface area is 88.8 Å². The molecule has 0 aliphatic carbocycles. The van der Waals surface area contributed by atoms with Crippen molar-refractivity contribution in [3.05, 3.63) is 23.0 Å². The Bertz CT molecular complexity index is 606. The Kier molecular flexibility index (Phi) is 1.68. The topological polar surface area (TPSA) is 52.7 Å². The molecule has 80 valence electrons. The summed E-state index contributed by atoms with van der Waals surface area (Å²) in [6.45, 7) is 5.79. The van der Waals surface area contributed by atoms with E-state index in [0.29, 0.717) is 11.2 Å². The molecule has 0 amide bonds. The van der Waals surface area contributed by atoms with Crippen LogP contribution in [0.5, 0.6) is 0 Å². The maximum absolute atomic E-state index is 12.2. The average Bonchev–Trinajstić information content (AvgIpc) is 2.41. The quantitative estimate of drug-likeness (QED) is 0.644. The Morgan fingerprint density at radius 3 is 2.67 bits per heavy atom. The third-order valence-corrected chi connectivity index (χ3v) is 2.29. The van der Waals surface area contributed by atoms with Crippen LogP contribution >= 0.6 is 0 Å². The summed E-state index contributed by atoms with van der Waals surface area (Å²) in [6, 6.07) is 0. The van der Waals surface area contributed by atoms with Crippen LogP contribution in [0.2, 0.25) is 0 Å². The van der Waals surface area contributed by atoms with E-state index in [1.807, 2.05) is 20.8 Å². The van der Waals surface area contributed by atoms with E-state index in [1.54, 1.807) is 11.6 Å². The van der Waals surface area contributed by atoms with Gasteiger partial charge in [-0.1, -0.05) is 0 Å². The summed E-state index contributed by atoms with van der Waals surface area (Å²) < 4.78 is 10.5. The highest BCUT2D eigenvalue weighted by atomic mass is 16.1. The Morgan fingerprint density at radius 2 is 2.07 bits per heavy atom. The molecule has 0 aliphatic rings. The molecule has 2 heterocycles. The standard InChI is InChI=1S/C10H14N4O/c1-10(2,3)14-6-12-8-7(9(14)15)13(4)5-11-8/h5-6H,1-4H3/i5D. The monoisotopic (exact) mass is 207 g/mol. The Balaban J connectivity index is 2.90. The van der Waals surface area contributed by atoms with Crippen molar-refractivity contribution in [1.82, 2.24) is 19.1 Å². The van der Waals surface area contributed by atoms with Gasteiger partial charge in [0, 0.05) is 12.6 Å². The molecule has 5 nitrogen and oxygen atoms in total. The minimum Gasteiger partial charge on any atom is -0.328 e. The third kappa shape index (κ3) is 1.44. The summed E-state index contributed by atoms with van der Waals surface area (Å²) >= 11 is 0. The second kappa shape index (κ2) is 2.92. The van der Waals surface area contributed by atoms with Crippen LogP contribution in [-0.2, 0) is 12.6 Å². The Hall–Kier alpha value is -1.65. The van der Waals surface area contributed by atoms with E-state index in [1.165, 1.54) is 10.9 Å². The second-order valence-electron chi connectivity index (χ2n) is 4.53. The van der Waals surface area contributed by atoms with E-state index in [2.05, 4.69) is 9.97 Å². The maximum atomic E-state index is 12.2. The number of hydrogen-bond donors (Lipinski definition) is 0. The minimum atomic E-state index is -0.329. The molecule has 0 N–H and O–H groups in total. The highest BCUT2D eigenvalue weighted by Crippen LogP contribution is 2.11. The lowest BCUT2D eigenvalue weighted by Crippen LogP contribution is -2.34. The van der Waals surface area contributed by atoms with Gasteiger partial charge in [-0.15, -0.1) is 0 Å². The van der Waals surface area contributed by atoms with Gasteiger partial charge < -0.3 is 4.57 Å². The highest BCUT2D eigenvalue weighted by molar-refractivity contribution is 5.68. The molecule has 0 aliphatic heterocycles. The number of hydrogen-bond acceptors (Lipinski definition) is 3. The van der Waals surface area contributed by atoms with Gasteiger partial charge in [-0.2, -0.15) is 0 Å². The number of nitrogens with zero attached hydrogens (tertiary/aromatic N) is 4. The molecule has 15 heavy (non-hydrogen) atoms. The van der Waals surface area contributed by atoms with E-state index in [9.17, 15) is 4.79 Å². The van der Waals surface area contributed by atoms with Crippen LogP contribution in [0.15, 0.2) is 17.4 Å². The number of aromatic nitrogens is 4. The van der Waals surface area contributed by atoms with E-state index in [4.69, 9.17) is 1.37 Å². The fourth-order valence-corrected chi connectivity index (χ4v) is 1.46. The van der Waals surface area contributed by atoms with Gasteiger partial charge in [0.15, 0.2) is 11.2 Å². The van der Waals surface area contributed by atoms with E-state index in [0.717, 1.165) is 0 Å². The van der Waals surface area contributed by atoms with Gasteiger partial charge in [0.2, 0.25) is 0 Å². The maximum Gasteiger partial charge on any atom is 0.280 e.